The Bertz CT molecular complexity index is 756. The molecule has 2 aliphatic rings. The fourth-order valence-electron chi connectivity index (χ4n) is 2.86. The van der Waals surface area contributed by atoms with Crippen LogP contribution >= 0.6 is 11.6 Å². The quantitative estimate of drug-likeness (QED) is 0.794. The molecular weight excluding hydrogens is 300 g/mol. The number of hydrogen-bond donors (Lipinski definition) is 3. The first kappa shape index (κ1) is 13.6. The molecule has 2 aliphatic heterocycles. The van der Waals surface area contributed by atoms with Gasteiger partial charge in [-0.25, -0.2) is 9.51 Å². The number of nitrogens with one attached hydrogen (secondary N) is 3. The minimum Gasteiger partial charge on any atom is -0.382 e. The Morgan fingerprint density at radius 1 is 1.36 bits per heavy atom. The predicted molar refractivity (Wildman–Crippen MR) is 87.2 cm³/mol. The third-order valence-corrected chi connectivity index (χ3v) is 4.19. The summed E-state index contributed by atoms with van der Waals surface area (Å²) < 4.78 is 1.78. The molecule has 6 nitrogen and oxygen atoms in total. The molecule has 2 aromatic rings. The van der Waals surface area contributed by atoms with Crippen molar-refractivity contribution in [2.24, 2.45) is 4.99 Å². The smallest absolute Gasteiger partial charge is 0.142 e. The molecule has 3 N–H and O–H groups in total. The maximum Gasteiger partial charge on any atom is 0.142 e. The topological polar surface area (TPSA) is 65.8 Å². The molecule has 0 aromatic carbocycles. The molecule has 1 fully saturated rings. The van der Waals surface area contributed by atoms with Gasteiger partial charge in [0.2, 0.25) is 0 Å². The van der Waals surface area contributed by atoms with Gasteiger partial charge in [-0.3, -0.25) is 0 Å². The third kappa shape index (κ3) is 2.55. The van der Waals surface area contributed by atoms with Gasteiger partial charge in [-0.2, -0.15) is 5.10 Å². The Morgan fingerprint density at radius 3 is 3.18 bits per heavy atom. The first-order chi connectivity index (χ1) is 10.8. The summed E-state index contributed by atoms with van der Waals surface area (Å²) in [6.45, 7) is 2.74. The molecule has 7 heteroatoms. The lowest BCUT2D eigenvalue weighted by molar-refractivity contribution is 0.602. The number of aromatic nitrogens is 2. The van der Waals surface area contributed by atoms with Crippen molar-refractivity contribution in [3.8, 4) is 0 Å². The van der Waals surface area contributed by atoms with Crippen LogP contribution in [0, 0.1) is 0 Å². The van der Waals surface area contributed by atoms with E-state index >= 15 is 0 Å². The average molecular weight is 317 g/mol. The summed E-state index contributed by atoms with van der Waals surface area (Å²) >= 11 is 6.00. The maximum absolute atomic E-state index is 6.00. The van der Waals surface area contributed by atoms with Crippen LogP contribution in [0.1, 0.15) is 12.0 Å². The van der Waals surface area contributed by atoms with Gasteiger partial charge >= 0.3 is 0 Å². The average Bonchev–Trinajstić information content (AvgIpc) is 3.16. The highest BCUT2D eigenvalue weighted by Gasteiger charge is 2.18. The van der Waals surface area contributed by atoms with Crippen LogP contribution < -0.4 is 16.0 Å². The molecule has 0 radical (unpaired) electrons. The highest BCUT2D eigenvalue weighted by Crippen LogP contribution is 2.17. The minimum absolute atomic E-state index is 0.443. The van der Waals surface area contributed by atoms with Gasteiger partial charge in [0.05, 0.1) is 29.0 Å². The van der Waals surface area contributed by atoms with Crippen molar-refractivity contribution in [2.75, 3.05) is 19.6 Å². The molecule has 0 saturated carbocycles. The highest BCUT2D eigenvalue weighted by molar-refractivity contribution is 6.30. The number of hydrogen-bond acceptors (Lipinski definition) is 5. The number of nitrogens with zero attached hydrogens (tertiary/aromatic N) is 3. The number of aliphatic imine (C=N–C) groups is 1. The zero-order valence-corrected chi connectivity index (χ0v) is 12.8. The van der Waals surface area contributed by atoms with Crippen molar-refractivity contribution in [1.82, 2.24) is 25.6 Å². The first-order valence-electron chi connectivity index (χ1n) is 7.41. The Kier molecular flexibility index (Phi) is 3.48. The molecule has 1 saturated heterocycles. The van der Waals surface area contributed by atoms with Crippen LogP contribution in [0.5, 0.6) is 0 Å². The molecule has 4 rings (SSSR count). The number of fused-ring (bicyclic) bond motifs is 1. The molecule has 114 valence electrons. The van der Waals surface area contributed by atoms with Gasteiger partial charge in [0, 0.05) is 30.5 Å². The normalized spacial score (nSPS) is 21.4. The van der Waals surface area contributed by atoms with Gasteiger partial charge in [0.25, 0.3) is 0 Å². The zero-order chi connectivity index (χ0) is 14.9. The van der Waals surface area contributed by atoms with Gasteiger partial charge in [-0.05, 0) is 25.1 Å². The third-order valence-electron chi connectivity index (χ3n) is 3.97. The van der Waals surface area contributed by atoms with Gasteiger partial charge in [0.15, 0.2) is 0 Å². The van der Waals surface area contributed by atoms with Crippen molar-refractivity contribution in [1.29, 1.82) is 0 Å². The highest BCUT2D eigenvalue weighted by atomic mass is 35.5. The fourth-order valence-corrected chi connectivity index (χ4v) is 3.01. The summed E-state index contributed by atoms with van der Waals surface area (Å²) in [6.07, 6.45) is 6.70. The molecule has 0 bridgehead atoms. The van der Waals surface area contributed by atoms with Crippen molar-refractivity contribution in [2.45, 2.75) is 12.5 Å². The van der Waals surface area contributed by atoms with Crippen LogP contribution in [0.4, 0.5) is 0 Å². The summed E-state index contributed by atoms with van der Waals surface area (Å²) in [4.78, 5) is 4.75. The van der Waals surface area contributed by atoms with Crippen LogP contribution in [0.2, 0.25) is 5.02 Å². The molecule has 4 heterocycles. The predicted octanol–water partition coefficient (Wildman–Crippen LogP) is 1.13. The Balaban J connectivity index is 1.62. The van der Waals surface area contributed by atoms with Gasteiger partial charge in [-0.15, -0.1) is 0 Å². The van der Waals surface area contributed by atoms with E-state index in [-0.39, 0.29) is 0 Å². The Labute approximate surface area is 133 Å². The molecule has 22 heavy (non-hydrogen) atoms. The van der Waals surface area contributed by atoms with Crippen molar-refractivity contribution in [3.05, 3.63) is 47.1 Å². The summed E-state index contributed by atoms with van der Waals surface area (Å²) in [5, 5.41) is 15.1. The van der Waals surface area contributed by atoms with E-state index in [1.165, 1.54) is 0 Å². The van der Waals surface area contributed by atoms with E-state index in [1.54, 1.807) is 10.7 Å². The Morgan fingerprint density at radius 2 is 2.32 bits per heavy atom. The number of pyridine rings is 1. The molecular formula is C15H17ClN6. The van der Waals surface area contributed by atoms with E-state index in [4.69, 9.17) is 16.6 Å². The van der Waals surface area contributed by atoms with Crippen LogP contribution in [0.25, 0.3) is 5.52 Å². The maximum atomic E-state index is 6.00. The second-order valence-electron chi connectivity index (χ2n) is 5.54. The Hall–Kier alpha value is -2.05. The molecule has 0 amide bonds. The molecule has 1 atom stereocenters. The van der Waals surface area contributed by atoms with Crippen LogP contribution in [0.15, 0.2) is 41.5 Å². The second kappa shape index (κ2) is 5.62. The second-order valence-corrected chi connectivity index (χ2v) is 5.97. The van der Waals surface area contributed by atoms with Gasteiger partial charge in [-0.1, -0.05) is 11.6 Å². The SMILES string of the molecule is Clc1ccc2c(C3=NC(NC4CCNC4)=CNC3)cnn2c1. The fraction of sp³-hybridized carbons (Fsp3) is 0.333. The molecule has 0 aliphatic carbocycles. The van der Waals surface area contributed by atoms with Gasteiger partial charge < -0.3 is 16.0 Å². The summed E-state index contributed by atoms with van der Waals surface area (Å²) in [5.41, 5.74) is 3.02. The molecule has 2 aromatic heterocycles. The minimum atomic E-state index is 0.443. The summed E-state index contributed by atoms with van der Waals surface area (Å²) in [5.74, 6) is 0.878. The van der Waals surface area contributed by atoms with E-state index in [0.717, 1.165) is 42.1 Å². The lowest BCUT2D eigenvalue weighted by atomic mass is 10.1. The number of halogens is 1. The van der Waals surface area contributed by atoms with Crippen LogP contribution in [-0.4, -0.2) is 41.0 Å². The first-order valence-corrected chi connectivity index (χ1v) is 7.79. The molecule has 0 spiro atoms. The van der Waals surface area contributed by atoms with E-state index in [2.05, 4.69) is 21.0 Å². The lowest BCUT2D eigenvalue weighted by Gasteiger charge is -2.18. The lowest BCUT2D eigenvalue weighted by Crippen LogP contribution is -2.34. The van der Waals surface area contributed by atoms with Crippen molar-refractivity contribution < 1.29 is 0 Å². The number of rotatable bonds is 3. The standard InChI is InChI=1S/C15H17ClN6/c16-10-1-2-14-12(6-19-22(14)9-10)13-7-18-8-15(21-13)20-11-3-4-17-5-11/h1-2,6,8-9,11,17-18,20H,3-5,7H2. The van der Waals surface area contributed by atoms with E-state index in [1.807, 2.05) is 24.5 Å². The van der Waals surface area contributed by atoms with Gasteiger partial charge in [0.1, 0.15) is 5.82 Å². The zero-order valence-electron chi connectivity index (χ0n) is 12.0. The van der Waals surface area contributed by atoms with E-state index in [0.29, 0.717) is 17.6 Å². The summed E-state index contributed by atoms with van der Waals surface area (Å²) in [7, 11) is 0. The van der Waals surface area contributed by atoms with Crippen LogP contribution in [-0.2, 0) is 0 Å². The monoisotopic (exact) mass is 316 g/mol. The largest absolute Gasteiger partial charge is 0.382 e. The summed E-state index contributed by atoms with van der Waals surface area (Å²) in [6, 6.07) is 4.29. The van der Waals surface area contributed by atoms with E-state index < -0.39 is 0 Å². The van der Waals surface area contributed by atoms with E-state index in [9.17, 15) is 0 Å². The van der Waals surface area contributed by atoms with Crippen molar-refractivity contribution >= 4 is 22.8 Å². The van der Waals surface area contributed by atoms with Crippen molar-refractivity contribution in [3.63, 3.8) is 0 Å². The van der Waals surface area contributed by atoms with Crippen LogP contribution in [0.3, 0.4) is 0 Å². The molecule has 1 unspecified atom stereocenters.